The summed E-state index contributed by atoms with van der Waals surface area (Å²) in [5.41, 5.74) is -0.101. The molecular formula is C15H26N2O3. The van der Waals surface area contributed by atoms with Crippen LogP contribution in [0.2, 0.25) is 0 Å². The van der Waals surface area contributed by atoms with Gasteiger partial charge in [-0.1, -0.05) is 20.3 Å². The van der Waals surface area contributed by atoms with E-state index in [1.165, 1.54) is 0 Å². The standard InChI is InChI=1S/C15H26N2O3/c1-3-15(6-5-7-15)14(20)16-11-8-12(9-11)17(4-2)10-13(18)19/h11-12H,3-10H2,1-2H3,(H,16,20)(H,18,19). The highest BCUT2D eigenvalue weighted by molar-refractivity contribution is 5.83. The largest absolute Gasteiger partial charge is 0.480 e. The lowest BCUT2D eigenvalue weighted by Gasteiger charge is -2.45. The Balaban J connectivity index is 1.76. The molecule has 1 amide bonds. The maximum absolute atomic E-state index is 12.3. The average molecular weight is 282 g/mol. The number of rotatable bonds is 7. The lowest BCUT2D eigenvalue weighted by molar-refractivity contribution is -0.141. The van der Waals surface area contributed by atoms with Gasteiger partial charge < -0.3 is 10.4 Å². The summed E-state index contributed by atoms with van der Waals surface area (Å²) in [7, 11) is 0. The number of hydrogen-bond acceptors (Lipinski definition) is 3. The van der Waals surface area contributed by atoms with E-state index >= 15 is 0 Å². The van der Waals surface area contributed by atoms with Crippen LogP contribution in [0, 0.1) is 5.41 Å². The molecule has 114 valence electrons. The molecule has 2 aliphatic rings. The van der Waals surface area contributed by atoms with E-state index in [1.807, 2.05) is 11.8 Å². The fourth-order valence-corrected chi connectivity index (χ4v) is 3.36. The van der Waals surface area contributed by atoms with Gasteiger partial charge in [0, 0.05) is 17.5 Å². The molecule has 0 radical (unpaired) electrons. The monoisotopic (exact) mass is 282 g/mol. The van der Waals surface area contributed by atoms with E-state index in [0.717, 1.165) is 45.1 Å². The highest BCUT2D eigenvalue weighted by atomic mass is 16.4. The van der Waals surface area contributed by atoms with Gasteiger partial charge in [-0.3, -0.25) is 14.5 Å². The first-order chi connectivity index (χ1) is 9.50. The van der Waals surface area contributed by atoms with E-state index < -0.39 is 5.97 Å². The summed E-state index contributed by atoms with van der Waals surface area (Å²) in [6.07, 6.45) is 5.89. The molecule has 0 bridgehead atoms. The van der Waals surface area contributed by atoms with Gasteiger partial charge in [-0.25, -0.2) is 0 Å². The minimum Gasteiger partial charge on any atom is -0.480 e. The van der Waals surface area contributed by atoms with Crippen molar-refractivity contribution in [1.82, 2.24) is 10.2 Å². The topological polar surface area (TPSA) is 69.6 Å². The number of likely N-dealkylation sites (N-methyl/N-ethyl adjacent to an activating group) is 1. The Hall–Kier alpha value is -1.10. The molecule has 0 aromatic heterocycles. The summed E-state index contributed by atoms with van der Waals surface area (Å²) in [5.74, 6) is -0.560. The van der Waals surface area contributed by atoms with E-state index in [4.69, 9.17) is 5.11 Å². The fourth-order valence-electron chi connectivity index (χ4n) is 3.36. The molecule has 0 spiro atoms. The van der Waals surface area contributed by atoms with Gasteiger partial charge in [-0.15, -0.1) is 0 Å². The third kappa shape index (κ3) is 2.97. The van der Waals surface area contributed by atoms with Crippen molar-refractivity contribution in [1.29, 1.82) is 0 Å². The SMILES string of the molecule is CCN(CC(=O)O)C1CC(NC(=O)C2(CC)CCC2)C1. The Labute approximate surface area is 120 Å². The number of carboxylic acid groups (broad SMARTS) is 1. The van der Waals surface area contributed by atoms with Crippen LogP contribution < -0.4 is 5.32 Å². The van der Waals surface area contributed by atoms with Crippen LogP contribution in [0.1, 0.15) is 52.4 Å². The molecule has 0 aromatic carbocycles. The van der Waals surface area contributed by atoms with Gasteiger partial charge in [0.15, 0.2) is 0 Å². The van der Waals surface area contributed by atoms with Crippen LogP contribution in [-0.4, -0.2) is 47.1 Å². The molecule has 2 N–H and O–H groups in total. The van der Waals surface area contributed by atoms with Gasteiger partial charge in [0.05, 0.1) is 6.54 Å². The van der Waals surface area contributed by atoms with Crippen LogP contribution in [0.15, 0.2) is 0 Å². The lowest BCUT2D eigenvalue weighted by atomic mass is 9.66. The van der Waals surface area contributed by atoms with Crippen molar-refractivity contribution in [3.8, 4) is 0 Å². The molecule has 2 rings (SSSR count). The Bertz CT molecular complexity index is 368. The van der Waals surface area contributed by atoms with Gasteiger partial charge >= 0.3 is 5.97 Å². The Kier molecular flexibility index (Phi) is 4.68. The summed E-state index contributed by atoms with van der Waals surface area (Å²) in [4.78, 5) is 25.0. The number of nitrogens with zero attached hydrogens (tertiary/aromatic N) is 1. The second-order valence-corrected chi connectivity index (χ2v) is 6.24. The van der Waals surface area contributed by atoms with Gasteiger partial charge in [-0.2, -0.15) is 0 Å². The van der Waals surface area contributed by atoms with Crippen LogP contribution in [0.5, 0.6) is 0 Å². The zero-order valence-corrected chi connectivity index (χ0v) is 12.5. The number of carboxylic acids is 1. The number of carbonyl (C=O) groups is 2. The highest BCUT2D eigenvalue weighted by Gasteiger charge is 2.44. The van der Waals surface area contributed by atoms with E-state index in [-0.39, 0.29) is 23.9 Å². The van der Waals surface area contributed by atoms with E-state index in [2.05, 4.69) is 12.2 Å². The molecule has 0 saturated heterocycles. The quantitative estimate of drug-likeness (QED) is 0.744. The maximum atomic E-state index is 12.3. The number of carbonyl (C=O) groups excluding carboxylic acids is 1. The first-order valence-electron chi connectivity index (χ1n) is 7.77. The summed E-state index contributed by atoms with van der Waals surface area (Å²) in [6.45, 7) is 4.92. The molecule has 5 heteroatoms. The van der Waals surface area contributed by atoms with Crippen molar-refractivity contribution in [2.45, 2.75) is 64.5 Å². The van der Waals surface area contributed by atoms with Crippen LogP contribution in [-0.2, 0) is 9.59 Å². The molecule has 0 aliphatic heterocycles. The van der Waals surface area contributed by atoms with E-state index in [1.54, 1.807) is 0 Å². The summed E-state index contributed by atoms with van der Waals surface area (Å²) < 4.78 is 0. The number of amides is 1. The van der Waals surface area contributed by atoms with Crippen molar-refractivity contribution < 1.29 is 14.7 Å². The minimum absolute atomic E-state index is 0.0979. The minimum atomic E-state index is -0.779. The predicted octanol–water partition coefficient (Wildman–Crippen LogP) is 1.62. The highest BCUT2D eigenvalue weighted by Crippen LogP contribution is 2.44. The Morgan fingerprint density at radius 1 is 1.30 bits per heavy atom. The predicted molar refractivity (Wildman–Crippen MR) is 76.4 cm³/mol. The van der Waals surface area contributed by atoms with Crippen LogP contribution in [0.4, 0.5) is 0 Å². The summed E-state index contributed by atoms with van der Waals surface area (Å²) in [6, 6.07) is 0.541. The van der Waals surface area contributed by atoms with Crippen LogP contribution in [0.25, 0.3) is 0 Å². The van der Waals surface area contributed by atoms with E-state index in [9.17, 15) is 9.59 Å². The third-order valence-corrected chi connectivity index (χ3v) is 5.18. The van der Waals surface area contributed by atoms with E-state index in [0.29, 0.717) is 6.04 Å². The molecule has 0 heterocycles. The summed E-state index contributed by atoms with van der Waals surface area (Å²) in [5, 5.41) is 12.0. The molecule has 2 saturated carbocycles. The zero-order chi connectivity index (χ0) is 14.8. The lowest BCUT2D eigenvalue weighted by Crippen LogP contribution is -2.57. The number of hydrogen-bond donors (Lipinski definition) is 2. The molecule has 0 unspecified atom stereocenters. The van der Waals surface area contributed by atoms with Crippen molar-refractivity contribution in [2.75, 3.05) is 13.1 Å². The maximum Gasteiger partial charge on any atom is 0.317 e. The van der Waals surface area contributed by atoms with Crippen molar-refractivity contribution >= 4 is 11.9 Å². The van der Waals surface area contributed by atoms with Crippen molar-refractivity contribution in [2.24, 2.45) is 5.41 Å². The molecule has 2 aliphatic carbocycles. The van der Waals surface area contributed by atoms with Gasteiger partial charge in [-0.05, 0) is 38.6 Å². The number of nitrogens with one attached hydrogen (secondary N) is 1. The second-order valence-electron chi connectivity index (χ2n) is 6.24. The first-order valence-corrected chi connectivity index (χ1v) is 7.77. The summed E-state index contributed by atoms with van der Waals surface area (Å²) >= 11 is 0. The Morgan fingerprint density at radius 3 is 2.35 bits per heavy atom. The Morgan fingerprint density at radius 2 is 1.95 bits per heavy atom. The second kappa shape index (κ2) is 6.12. The molecule has 0 atom stereocenters. The van der Waals surface area contributed by atoms with Crippen molar-refractivity contribution in [3.63, 3.8) is 0 Å². The third-order valence-electron chi connectivity index (χ3n) is 5.18. The molecule has 20 heavy (non-hydrogen) atoms. The zero-order valence-electron chi connectivity index (χ0n) is 12.5. The van der Waals surface area contributed by atoms with Crippen LogP contribution in [0.3, 0.4) is 0 Å². The van der Waals surface area contributed by atoms with Crippen LogP contribution >= 0.6 is 0 Å². The average Bonchev–Trinajstić information content (AvgIpc) is 2.29. The smallest absolute Gasteiger partial charge is 0.317 e. The first kappa shape index (κ1) is 15.3. The molecular weight excluding hydrogens is 256 g/mol. The molecule has 2 fully saturated rings. The van der Waals surface area contributed by atoms with Gasteiger partial charge in [0.1, 0.15) is 0 Å². The molecule has 0 aromatic rings. The normalized spacial score (nSPS) is 27.6. The van der Waals surface area contributed by atoms with Gasteiger partial charge in [0.2, 0.25) is 5.91 Å². The fraction of sp³-hybridized carbons (Fsp3) is 0.867. The van der Waals surface area contributed by atoms with Crippen molar-refractivity contribution in [3.05, 3.63) is 0 Å². The number of aliphatic carboxylic acids is 1. The molecule has 5 nitrogen and oxygen atoms in total. The van der Waals surface area contributed by atoms with Gasteiger partial charge in [0.25, 0.3) is 0 Å².